The van der Waals surface area contributed by atoms with Crippen molar-refractivity contribution >= 4 is 0 Å². The molecule has 0 aliphatic rings. The summed E-state index contributed by atoms with van der Waals surface area (Å²) in [7, 11) is 0. The highest BCUT2D eigenvalue weighted by Gasteiger charge is 1.95. The van der Waals surface area contributed by atoms with Crippen molar-refractivity contribution in [2.75, 3.05) is 6.61 Å². The summed E-state index contributed by atoms with van der Waals surface area (Å²) < 4.78 is 0. The molecule has 0 aliphatic heterocycles. The summed E-state index contributed by atoms with van der Waals surface area (Å²) in [6.45, 7) is 5.33. The van der Waals surface area contributed by atoms with E-state index in [1.165, 1.54) is 51.4 Å². The largest absolute Gasteiger partial charge is 0.305 e. The Hall–Kier alpha value is -0.0800. The maximum atomic E-state index is 4.95. The smallest absolute Gasteiger partial charge is 0.0679 e. The van der Waals surface area contributed by atoms with Gasteiger partial charge in [-0.15, -0.1) is 0 Å². The van der Waals surface area contributed by atoms with Crippen LogP contribution in [0.5, 0.6) is 0 Å². The molecule has 0 amide bonds. The molecule has 2 nitrogen and oxygen atoms in total. The molecule has 0 heterocycles. The molecule has 0 aromatic heterocycles. The summed E-state index contributed by atoms with van der Waals surface area (Å²) in [4.78, 5) is 4.52. The molecule has 0 bridgehead atoms. The second-order valence-corrected chi connectivity index (χ2v) is 4.88. The predicted molar refractivity (Wildman–Crippen MR) is 66.5 cm³/mol. The maximum Gasteiger partial charge on any atom is 0.0679 e. The van der Waals surface area contributed by atoms with Crippen molar-refractivity contribution in [2.45, 2.75) is 71.6 Å². The van der Waals surface area contributed by atoms with Crippen LogP contribution >= 0.6 is 0 Å². The number of unbranched alkanes of at least 4 members (excludes halogenated alkanes) is 7. The minimum atomic E-state index is 0.717. The lowest BCUT2D eigenvalue weighted by molar-refractivity contribution is 0.133. The molecule has 0 fully saturated rings. The van der Waals surface area contributed by atoms with Crippen molar-refractivity contribution in [3.05, 3.63) is 0 Å². The average molecular weight is 215 g/mol. The first-order chi connectivity index (χ1) is 7.27. The zero-order chi connectivity index (χ0) is 11.4. The molecule has 0 saturated carbocycles. The normalized spacial score (nSPS) is 11.2. The summed E-state index contributed by atoms with van der Waals surface area (Å²) in [6.07, 6.45) is 12.2. The van der Waals surface area contributed by atoms with E-state index in [2.05, 4.69) is 18.7 Å². The molecule has 2 heteroatoms. The van der Waals surface area contributed by atoms with Gasteiger partial charge in [0.15, 0.2) is 0 Å². The Kier molecular flexibility index (Phi) is 11.9. The molecule has 2 N–H and O–H groups in total. The van der Waals surface area contributed by atoms with E-state index in [0.29, 0.717) is 6.61 Å². The first-order valence-electron chi connectivity index (χ1n) is 6.59. The van der Waals surface area contributed by atoms with Gasteiger partial charge in [0, 0.05) is 0 Å². The van der Waals surface area contributed by atoms with Crippen LogP contribution in [0.2, 0.25) is 0 Å². The molecule has 0 atom stereocenters. The van der Waals surface area contributed by atoms with Crippen LogP contribution in [0.15, 0.2) is 0 Å². The molecule has 0 radical (unpaired) electrons. The fourth-order valence-electron chi connectivity index (χ4n) is 1.80. The Morgan fingerprint density at radius 1 is 0.800 bits per heavy atom. The molecule has 92 valence electrons. The lowest BCUT2D eigenvalue weighted by Gasteiger charge is -2.04. The molecule has 0 aromatic rings. The minimum absolute atomic E-state index is 0.717. The molecule has 0 unspecified atom stereocenters. The van der Waals surface area contributed by atoms with Gasteiger partial charge in [-0.3, -0.25) is 0 Å². The third kappa shape index (κ3) is 13.9. The molecule has 15 heavy (non-hydrogen) atoms. The van der Waals surface area contributed by atoms with Gasteiger partial charge in [0.25, 0.3) is 0 Å². The Morgan fingerprint density at radius 3 is 1.73 bits per heavy atom. The van der Waals surface area contributed by atoms with Gasteiger partial charge in [-0.2, -0.15) is 0 Å². The monoisotopic (exact) mass is 215 g/mol. The Balaban J connectivity index is 2.87. The number of hydrogen-bond donors (Lipinski definition) is 1. The summed E-state index contributed by atoms with van der Waals surface area (Å²) in [5, 5.41) is 0. The van der Waals surface area contributed by atoms with Crippen molar-refractivity contribution in [1.82, 2.24) is 0 Å². The lowest BCUT2D eigenvalue weighted by atomic mass is 10.0. The van der Waals surface area contributed by atoms with Crippen molar-refractivity contribution in [3.8, 4) is 0 Å². The van der Waals surface area contributed by atoms with E-state index in [1.807, 2.05) is 0 Å². The van der Waals surface area contributed by atoms with Crippen molar-refractivity contribution in [1.29, 1.82) is 0 Å². The van der Waals surface area contributed by atoms with Gasteiger partial charge >= 0.3 is 0 Å². The summed E-state index contributed by atoms with van der Waals surface area (Å²) in [5.41, 5.74) is 0. The van der Waals surface area contributed by atoms with Crippen LogP contribution in [-0.2, 0) is 4.84 Å². The van der Waals surface area contributed by atoms with Gasteiger partial charge in [-0.25, -0.2) is 5.90 Å². The summed E-state index contributed by atoms with van der Waals surface area (Å²) in [6, 6.07) is 0. The van der Waals surface area contributed by atoms with Gasteiger partial charge in [-0.1, -0.05) is 65.2 Å². The standard InChI is InChI=1S/C13H29NO/c1-13(2)11-9-7-5-3-4-6-8-10-12-15-14/h13H,3-12,14H2,1-2H3. The van der Waals surface area contributed by atoms with Crippen LogP contribution in [0.25, 0.3) is 0 Å². The van der Waals surface area contributed by atoms with E-state index in [-0.39, 0.29) is 0 Å². The fraction of sp³-hybridized carbons (Fsp3) is 1.00. The van der Waals surface area contributed by atoms with Crippen LogP contribution in [0.4, 0.5) is 0 Å². The third-order valence-corrected chi connectivity index (χ3v) is 2.79. The zero-order valence-corrected chi connectivity index (χ0v) is 10.6. The second-order valence-electron chi connectivity index (χ2n) is 4.88. The van der Waals surface area contributed by atoms with Crippen molar-refractivity contribution in [3.63, 3.8) is 0 Å². The topological polar surface area (TPSA) is 35.2 Å². The molecule has 0 aliphatic carbocycles. The Labute approximate surface area is 95.5 Å². The van der Waals surface area contributed by atoms with Crippen LogP contribution in [0.1, 0.15) is 71.6 Å². The third-order valence-electron chi connectivity index (χ3n) is 2.79. The first-order valence-corrected chi connectivity index (χ1v) is 6.59. The number of nitrogens with two attached hydrogens (primary N) is 1. The van der Waals surface area contributed by atoms with Crippen molar-refractivity contribution < 1.29 is 4.84 Å². The fourth-order valence-corrected chi connectivity index (χ4v) is 1.80. The van der Waals surface area contributed by atoms with Gasteiger partial charge in [-0.05, 0) is 12.3 Å². The lowest BCUT2D eigenvalue weighted by Crippen LogP contribution is -2.00. The molecular weight excluding hydrogens is 186 g/mol. The SMILES string of the molecule is CC(C)CCCCCCCCCCON. The highest BCUT2D eigenvalue weighted by Crippen LogP contribution is 2.12. The van der Waals surface area contributed by atoms with Crippen LogP contribution in [-0.4, -0.2) is 6.61 Å². The molecule has 0 spiro atoms. The average Bonchev–Trinajstić information content (AvgIpc) is 2.20. The number of rotatable bonds is 11. The van der Waals surface area contributed by atoms with Crippen LogP contribution in [0, 0.1) is 5.92 Å². The zero-order valence-electron chi connectivity index (χ0n) is 10.6. The van der Waals surface area contributed by atoms with E-state index in [4.69, 9.17) is 5.90 Å². The second kappa shape index (κ2) is 12.0. The van der Waals surface area contributed by atoms with Gasteiger partial charge < -0.3 is 4.84 Å². The van der Waals surface area contributed by atoms with Crippen LogP contribution < -0.4 is 5.90 Å². The van der Waals surface area contributed by atoms with Gasteiger partial charge in [0.2, 0.25) is 0 Å². The molecule has 0 saturated heterocycles. The van der Waals surface area contributed by atoms with E-state index in [0.717, 1.165) is 12.3 Å². The Bertz CT molecular complexity index is 115. The predicted octanol–water partition coefficient (Wildman–Crippen LogP) is 4.04. The highest BCUT2D eigenvalue weighted by molar-refractivity contribution is 4.49. The molecule has 0 rings (SSSR count). The number of hydrogen-bond acceptors (Lipinski definition) is 2. The molecule has 0 aromatic carbocycles. The first kappa shape index (κ1) is 14.9. The Morgan fingerprint density at radius 2 is 1.27 bits per heavy atom. The minimum Gasteiger partial charge on any atom is -0.305 e. The highest BCUT2D eigenvalue weighted by atomic mass is 16.6. The van der Waals surface area contributed by atoms with E-state index in [9.17, 15) is 0 Å². The van der Waals surface area contributed by atoms with E-state index in [1.54, 1.807) is 0 Å². The molecular formula is C13H29NO. The summed E-state index contributed by atoms with van der Waals surface area (Å²) >= 11 is 0. The van der Waals surface area contributed by atoms with E-state index >= 15 is 0 Å². The maximum absolute atomic E-state index is 4.95. The van der Waals surface area contributed by atoms with Gasteiger partial charge in [0.05, 0.1) is 6.61 Å². The quantitative estimate of drug-likeness (QED) is 0.417. The van der Waals surface area contributed by atoms with Gasteiger partial charge in [0.1, 0.15) is 0 Å². The van der Waals surface area contributed by atoms with Crippen LogP contribution in [0.3, 0.4) is 0 Å². The summed E-state index contributed by atoms with van der Waals surface area (Å²) in [5.74, 6) is 5.82. The van der Waals surface area contributed by atoms with E-state index < -0.39 is 0 Å². The van der Waals surface area contributed by atoms with Crippen molar-refractivity contribution in [2.24, 2.45) is 11.8 Å².